The number of anilines is 1. The zero-order valence-corrected chi connectivity index (χ0v) is 19.2. The van der Waals surface area contributed by atoms with Gasteiger partial charge in [0.1, 0.15) is 11.5 Å². The molecule has 0 atom stereocenters. The Balaban J connectivity index is 1.27. The van der Waals surface area contributed by atoms with Gasteiger partial charge >= 0.3 is 0 Å². The molecule has 1 aromatic carbocycles. The van der Waals surface area contributed by atoms with Crippen LogP contribution in [0.1, 0.15) is 31.2 Å². The molecule has 2 N–H and O–H groups in total. The third-order valence-corrected chi connectivity index (χ3v) is 7.18. The molecule has 0 saturated carbocycles. The molecule has 5 heterocycles. The van der Waals surface area contributed by atoms with Crippen LogP contribution >= 0.6 is 0 Å². The summed E-state index contributed by atoms with van der Waals surface area (Å²) in [5.74, 6) is -0.515. The van der Waals surface area contributed by atoms with Crippen LogP contribution in [0.15, 0.2) is 36.8 Å². The van der Waals surface area contributed by atoms with Gasteiger partial charge in [0.15, 0.2) is 0 Å². The SMILES string of the molecule is Cc1cc(NC(=O)CN2C3CCC2CC3)cc(F)c1-c1cc2c(-c3cnn(C)c3)n[nH]c2cn1. The number of benzene rings is 1. The largest absolute Gasteiger partial charge is 0.325 e. The van der Waals surface area contributed by atoms with Gasteiger partial charge in [-0.3, -0.25) is 24.5 Å². The third kappa shape index (κ3) is 3.56. The van der Waals surface area contributed by atoms with E-state index in [9.17, 15) is 4.79 Å². The van der Waals surface area contributed by atoms with Crippen molar-refractivity contribution in [1.29, 1.82) is 0 Å². The number of halogens is 1. The number of hydrogen-bond donors (Lipinski definition) is 2. The van der Waals surface area contributed by atoms with Crippen LogP contribution in [0.2, 0.25) is 0 Å². The van der Waals surface area contributed by atoms with Gasteiger partial charge in [-0.05, 0) is 56.4 Å². The number of hydrogen-bond acceptors (Lipinski definition) is 5. The number of carbonyl (C=O) groups is 1. The lowest BCUT2D eigenvalue weighted by Crippen LogP contribution is -2.36. The lowest BCUT2D eigenvalue weighted by atomic mass is 10.0. The molecule has 1 amide bonds. The highest BCUT2D eigenvalue weighted by atomic mass is 19.1. The Labute approximate surface area is 196 Å². The number of pyridine rings is 1. The van der Waals surface area contributed by atoms with Crippen LogP contribution in [0.3, 0.4) is 0 Å². The van der Waals surface area contributed by atoms with Crippen LogP contribution in [-0.4, -0.2) is 54.4 Å². The van der Waals surface area contributed by atoms with Crippen LogP contribution in [-0.2, 0) is 11.8 Å². The van der Waals surface area contributed by atoms with E-state index in [2.05, 4.69) is 30.5 Å². The fourth-order valence-corrected chi connectivity index (χ4v) is 5.60. The van der Waals surface area contributed by atoms with Crippen LogP contribution in [0.25, 0.3) is 33.4 Å². The Kier molecular flexibility index (Phi) is 4.95. The zero-order valence-electron chi connectivity index (χ0n) is 19.2. The molecule has 9 heteroatoms. The highest BCUT2D eigenvalue weighted by Gasteiger charge is 2.39. The van der Waals surface area contributed by atoms with Crippen LogP contribution in [0, 0.1) is 12.7 Å². The summed E-state index contributed by atoms with van der Waals surface area (Å²) in [6, 6.07) is 6.07. The number of aromatic nitrogens is 5. The average molecular weight is 460 g/mol. The Bertz CT molecular complexity index is 1360. The maximum atomic E-state index is 15.3. The number of amides is 1. The Morgan fingerprint density at radius 3 is 2.62 bits per heavy atom. The molecule has 2 aliphatic heterocycles. The Hall–Kier alpha value is -3.59. The van der Waals surface area contributed by atoms with Gasteiger partial charge < -0.3 is 5.32 Å². The second-order valence-corrected chi connectivity index (χ2v) is 9.42. The molecule has 0 spiro atoms. The van der Waals surface area contributed by atoms with Gasteiger partial charge in [0.2, 0.25) is 5.91 Å². The minimum absolute atomic E-state index is 0.0931. The second-order valence-electron chi connectivity index (χ2n) is 9.42. The summed E-state index contributed by atoms with van der Waals surface area (Å²) in [6.45, 7) is 2.20. The number of fused-ring (bicyclic) bond motifs is 3. The number of nitrogens with zero attached hydrogens (tertiary/aromatic N) is 5. The van der Waals surface area contributed by atoms with Gasteiger partial charge in [-0.25, -0.2) is 4.39 Å². The summed E-state index contributed by atoms with van der Waals surface area (Å²) in [5.41, 5.74) is 4.47. The van der Waals surface area contributed by atoms with Crippen LogP contribution in [0.4, 0.5) is 10.1 Å². The van der Waals surface area contributed by atoms with E-state index in [1.165, 1.54) is 31.7 Å². The van der Waals surface area contributed by atoms with E-state index in [1.807, 2.05) is 26.2 Å². The molecule has 0 aliphatic carbocycles. The van der Waals surface area contributed by atoms with Gasteiger partial charge in [0.05, 0.1) is 30.1 Å². The molecule has 2 saturated heterocycles. The van der Waals surface area contributed by atoms with Gasteiger partial charge in [0, 0.05) is 47.5 Å². The summed E-state index contributed by atoms with van der Waals surface area (Å²) in [5, 5.41) is 15.3. The predicted octanol–water partition coefficient (Wildman–Crippen LogP) is 4.04. The summed E-state index contributed by atoms with van der Waals surface area (Å²) in [7, 11) is 1.85. The highest BCUT2D eigenvalue weighted by Crippen LogP contribution is 2.37. The smallest absolute Gasteiger partial charge is 0.238 e. The van der Waals surface area contributed by atoms with Crippen molar-refractivity contribution in [3.63, 3.8) is 0 Å². The van der Waals surface area contributed by atoms with Crippen molar-refractivity contribution in [3.05, 3.63) is 48.2 Å². The number of H-pyrrole nitrogens is 1. The van der Waals surface area contributed by atoms with Crippen molar-refractivity contribution in [2.45, 2.75) is 44.7 Å². The highest BCUT2D eigenvalue weighted by molar-refractivity contribution is 5.95. The summed E-state index contributed by atoms with van der Waals surface area (Å²) in [4.78, 5) is 19.4. The van der Waals surface area contributed by atoms with E-state index in [4.69, 9.17) is 0 Å². The van der Waals surface area contributed by atoms with Gasteiger partial charge in [-0.15, -0.1) is 0 Å². The van der Waals surface area contributed by atoms with E-state index in [0.29, 0.717) is 41.1 Å². The monoisotopic (exact) mass is 459 g/mol. The van der Waals surface area contributed by atoms with E-state index >= 15 is 4.39 Å². The van der Waals surface area contributed by atoms with Crippen molar-refractivity contribution >= 4 is 22.5 Å². The van der Waals surface area contributed by atoms with Gasteiger partial charge in [-0.2, -0.15) is 10.2 Å². The van der Waals surface area contributed by atoms with Crippen LogP contribution < -0.4 is 5.32 Å². The van der Waals surface area contributed by atoms with E-state index in [1.54, 1.807) is 23.1 Å². The lowest BCUT2D eigenvalue weighted by molar-refractivity contribution is -0.117. The van der Waals surface area contributed by atoms with Gasteiger partial charge in [0.25, 0.3) is 0 Å². The molecule has 2 bridgehead atoms. The van der Waals surface area contributed by atoms with Crippen molar-refractivity contribution in [2.75, 3.05) is 11.9 Å². The van der Waals surface area contributed by atoms with Crippen molar-refractivity contribution in [3.8, 4) is 22.5 Å². The first-order valence-corrected chi connectivity index (χ1v) is 11.7. The van der Waals surface area contributed by atoms with E-state index in [-0.39, 0.29) is 5.91 Å². The van der Waals surface area contributed by atoms with Gasteiger partial charge in [-0.1, -0.05) is 0 Å². The lowest BCUT2D eigenvalue weighted by Gasteiger charge is -2.21. The first-order valence-electron chi connectivity index (χ1n) is 11.7. The number of aromatic amines is 1. The quantitative estimate of drug-likeness (QED) is 0.470. The second kappa shape index (κ2) is 8.02. The number of carbonyl (C=O) groups excluding carboxylic acids is 1. The molecule has 4 aromatic rings. The molecule has 2 fully saturated rings. The first kappa shape index (κ1) is 21.0. The molecular formula is C25H26FN7O. The number of aryl methyl sites for hydroxylation is 2. The Morgan fingerprint density at radius 1 is 1.18 bits per heavy atom. The molecule has 34 heavy (non-hydrogen) atoms. The summed E-state index contributed by atoms with van der Waals surface area (Å²) in [6.07, 6.45) is 10.00. The summed E-state index contributed by atoms with van der Waals surface area (Å²) >= 11 is 0. The average Bonchev–Trinajstić information content (AvgIpc) is 3.58. The Morgan fingerprint density at radius 2 is 1.94 bits per heavy atom. The van der Waals surface area contributed by atoms with Crippen LogP contribution in [0.5, 0.6) is 0 Å². The maximum absolute atomic E-state index is 15.3. The molecule has 0 radical (unpaired) electrons. The fourth-order valence-electron chi connectivity index (χ4n) is 5.60. The van der Waals surface area contributed by atoms with Crippen molar-refractivity contribution in [1.82, 2.24) is 29.9 Å². The minimum atomic E-state index is -0.421. The molecule has 8 nitrogen and oxygen atoms in total. The first-order chi connectivity index (χ1) is 16.5. The maximum Gasteiger partial charge on any atom is 0.238 e. The number of nitrogens with one attached hydrogen (secondary N) is 2. The van der Waals surface area contributed by atoms with Crippen molar-refractivity contribution in [2.24, 2.45) is 7.05 Å². The minimum Gasteiger partial charge on any atom is -0.325 e. The number of rotatable bonds is 5. The summed E-state index contributed by atoms with van der Waals surface area (Å²) < 4.78 is 17.0. The molecule has 2 aliphatic rings. The fraction of sp³-hybridized carbons (Fsp3) is 0.360. The molecule has 174 valence electrons. The van der Waals surface area contributed by atoms with E-state index < -0.39 is 5.82 Å². The standard InChI is InChI=1S/C25H26FN7O/c1-14-7-16(29-23(34)13-33-17-3-4-18(33)6-5-17)8-20(26)24(14)21-9-19-22(11-27-21)30-31-25(19)15-10-28-32(2)12-15/h7-12,17-18H,3-6,13H2,1-2H3,(H,29,34)(H,30,31). The topological polar surface area (TPSA) is 91.7 Å². The normalized spacial score (nSPS) is 19.9. The third-order valence-electron chi connectivity index (χ3n) is 7.18. The molecule has 6 rings (SSSR count). The molecular weight excluding hydrogens is 433 g/mol. The van der Waals surface area contributed by atoms with Crippen molar-refractivity contribution < 1.29 is 9.18 Å². The zero-order chi connectivity index (χ0) is 23.4. The molecule has 0 unspecified atom stereocenters. The molecule has 3 aromatic heterocycles. The predicted molar refractivity (Wildman–Crippen MR) is 128 cm³/mol. The van der Waals surface area contributed by atoms with E-state index in [0.717, 1.165) is 22.2 Å².